The number of nitrogens with zero attached hydrogens (tertiary/aromatic N) is 2. The SMILES string of the molecule is Cc1nn(C)c(Oc2ccc(F)cc2Cl)c1CC(C)N. The molecule has 0 fully saturated rings. The molecule has 1 heterocycles. The summed E-state index contributed by atoms with van der Waals surface area (Å²) in [6.45, 7) is 3.82. The number of rotatable bonds is 4. The molecule has 0 spiro atoms. The second kappa shape index (κ2) is 5.81. The molecule has 0 bridgehead atoms. The van der Waals surface area contributed by atoms with Gasteiger partial charge in [-0.25, -0.2) is 9.07 Å². The molecule has 1 unspecified atom stereocenters. The molecular weight excluding hydrogens is 281 g/mol. The van der Waals surface area contributed by atoms with Gasteiger partial charge in [0.25, 0.3) is 0 Å². The van der Waals surface area contributed by atoms with Crippen molar-refractivity contribution < 1.29 is 9.13 Å². The van der Waals surface area contributed by atoms with Crippen molar-refractivity contribution in [2.45, 2.75) is 26.3 Å². The van der Waals surface area contributed by atoms with Crippen LogP contribution in [-0.2, 0) is 13.5 Å². The van der Waals surface area contributed by atoms with E-state index in [2.05, 4.69) is 5.10 Å². The van der Waals surface area contributed by atoms with Crippen molar-refractivity contribution in [3.63, 3.8) is 0 Å². The minimum absolute atomic E-state index is 0.0102. The molecule has 0 saturated carbocycles. The summed E-state index contributed by atoms with van der Waals surface area (Å²) in [7, 11) is 1.78. The van der Waals surface area contributed by atoms with Gasteiger partial charge in [-0.05, 0) is 38.5 Å². The average Bonchev–Trinajstić information content (AvgIpc) is 2.58. The highest BCUT2D eigenvalue weighted by Crippen LogP contribution is 2.33. The first-order chi connectivity index (χ1) is 9.38. The van der Waals surface area contributed by atoms with Gasteiger partial charge in [0.1, 0.15) is 11.6 Å². The molecule has 1 aromatic carbocycles. The van der Waals surface area contributed by atoms with Crippen LogP contribution in [0.1, 0.15) is 18.2 Å². The topological polar surface area (TPSA) is 53.1 Å². The molecule has 20 heavy (non-hydrogen) atoms. The van der Waals surface area contributed by atoms with E-state index in [0.29, 0.717) is 18.1 Å². The number of benzene rings is 1. The van der Waals surface area contributed by atoms with Crippen LogP contribution in [-0.4, -0.2) is 15.8 Å². The molecule has 2 aromatic rings. The Balaban J connectivity index is 2.37. The van der Waals surface area contributed by atoms with Crippen LogP contribution >= 0.6 is 11.6 Å². The Hall–Kier alpha value is -1.59. The van der Waals surface area contributed by atoms with Crippen molar-refractivity contribution in [1.29, 1.82) is 0 Å². The van der Waals surface area contributed by atoms with E-state index in [1.807, 2.05) is 13.8 Å². The molecule has 0 aliphatic carbocycles. The summed E-state index contributed by atoms with van der Waals surface area (Å²) >= 11 is 5.98. The minimum Gasteiger partial charge on any atom is -0.437 e. The third-order valence-corrected chi connectivity index (χ3v) is 3.21. The van der Waals surface area contributed by atoms with Crippen LogP contribution in [0, 0.1) is 12.7 Å². The molecule has 108 valence electrons. The van der Waals surface area contributed by atoms with Gasteiger partial charge in [0.05, 0.1) is 10.7 Å². The molecule has 1 atom stereocenters. The van der Waals surface area contributed by atoms with Crippen molar-refractivity contribution in [2.24, 2.45) is 12.8 Å². The summed E-state index contributed by atoms with van der Waals surface area (Å²) in [5.74, 6) is 0.564. The zero-order valence-electron chi connectivity index (χ0n) is 11.7. The number of aryl methyl sites for hydroxylation is 2. The van der Waals surface area contributed by atoms with Crippen LogP contribution in [0.3, 0.4) is 0 Å². The lowest BCUT2D eigenvalue weighted by molar-refractivity contribution is 0.423. The lowest BCUT2D eigenvalue weighted by Crippen LogP contribution is -2.18. The number of aromatic nitrogens is 2. The second-order valence-electron chi connectivity index (χ2n) is 4.85. The van der Waals surface area contributed by atoms with Gasteiger partial charge in [0.15, 0.2) is 0 Å². The molecule has 0 amide bonds. The van der Waals surface area contributed by atoms with Crippen LogP contribution in [0.25, 0.3) is 0 Å². The summed E-state index contributed by atoms with van der Waals surface area (Å²) < 4.78 is 20.5. The highest BCUT2D eigenvalue weighted by Gasteiger charge is 2.17. The number of hydrogen-bond donors (Lipinski definition) is 1. The molecule has 4 nitrogen and oxygen atoms in total. The third-order valence-electron chi connectivity index (χ3n) is 2.92. The van der Waals surface area contributed by atoms with Gasteiger partial charge in [-0.15, -0.1) is 0 Å². The first-order valence-corrected chi connectivity index (χ1v) is 6.67. The van der Waals surface area contributed by atoms with Crippen LogP contribution in [0.5, 0.6) is 11.6 Å². The van der Waals surface area contributed by atoms with Crippen molar-refractivity contribution in [2.75, 3.05) is 0 Å². The first kappa shape index (κ1) is 14.8. The largest absolute Gasteiger partial charge is 0.437 e. The number of halogens is 2. The molecule has 6 heteroatoms. The molecule has 2 rings (SSSR count). The first-order valence-electron chi connectivity index (χ1n) is 6.29. The van der Waals surface area contributed by atoms with Crippen molar-refractivity contribution in [1.82, 2.24) is 9.78 Å². The standard InChI is InChI=1S/C14H17ClFN3O/c1-8(17)6-11-9(2)18-19(3)14(11)20-13-5-4-10(16)7-12(13)15/h4-5,7-8H,6,17H2,1-3H3. The quantitative estimate of drug-likeness (QED) is 0.943. The second-order valence-corrected chi connectivity index (χ2v) is 5.26. The number of nitrogens with two attached hydrogens (primary N) is 1. The Kier molecular flexibility index (Phi) is 4.30. The normalized spacial score (nSPS) is 12.5. The predicted octanol–water partition coefficient (Wildman–Crippen LogP) is 3.20. The molecule has 0 saturated heterocycles. The van der Waals surface area contributed by atoms with E-state index < -0.39 is 5.82 Å². The van der Waals surface area contributed by atoms with Gasteiger partial charge < -0.3 is 10.5 Å². The van der Waals surface area contributed by atoms with Crippen LogP contribution in [0.15, 0.2) is 18.2 Å². The van der Waals surface area contributed by atoms with E-state index in [-0.39, 0.29) is 11.1 Å². The predicted molar refractivity (Wildman–Crippen MR) is 76.8 cm³/mol. The van der Waals surface area contributed by atoms with E-state index in [1.165, 1.54) is 18.2 Å². The maximum absolute atomic E-state index is 13.0. The Morgan fingerprint density at radius 1 is 1.50 bits per heavy atom. The molecule has 0 aliphatic heterocycles. The van der Waals surface area contributed by atoms with Crippen LogP contribution in [0.2, 0.25) is 5.02 Å². The maximum atomic E-state index is 13.0. The molecule has 0 aliphatic rings. The van der Waals surface area contributed by atoms with E-state index >= 15 is 0 Å². The van der Waals surface area contributed by atoms with Crippen molar-refractivity contribution >= 4 is 11.6 Å². The summed E-state index contributed by atoms with van der Waals surface area (Å²) in [6, 6.07) is 4.00. The van der Waals surface area contributed by atoms with Gasteiger partial charge in [-0.2, -0.15) is 5.10 Å². The fraction of sp³-hybridized carbons (Fsp3) is 0.357. The Morgan fingerprint density at radius 2 is 2.20 bits per heavy atom. The fourth-order valence-corrected chi connectivity index (χ4v) is 2.23. The highest BCUT2D eigenvalue weighted by atomic mass is 35.5. The zero-order valence-corrected chi connectivity index (χ0v) is 12.4. The van der Waals surface area contributed by atoms with Gasteiger partial charge in [0, 0.05) is 18.7 Å². The monoisotopic (exact) mass is 297 g/mol. The zero-order chi connectivity index (χ0) is 14.9. The van der Waals surface area contributed by atoms with Crippen molar-refractivity contribution in [3.05, 3.63) is 40.3 Å². The average molecular weight is 298 g/mol. The summed E-state index contributed by atoms with van der Waals surface area (Å²) in [5.41, 5.74) is 7.64. The number of ether oxygens (including phenoxy) is 1. The maximum Gasteiger partial charge on any atom is 0.221 e. The van der Waals surface area contributed by atoms with Gasteiger partial charge in [0.2, 0.25) is 5.88 Å². The Bertz CT molecular complexity index is 625. The van der Waals surface area contributed by atoms with E-state index in [4.69, 9.17) is 22.1 Å². The smallest absolute Gasteiger partial charge is 0.221 e. The highest BCUT2D eigenvalue weighted by molar-refractivity contribution is 6.32. The number of hydrogen-bond acceptors (Lipinski definition) is 3. The minimum atomic E-state index is -0.403. The van der Waals surface area contributed by atoms with Gasteiger partial charge >= 0.3 is 0 Å². The van der Waals surface area contributed by atoms with E-state index in [1.54, 1.807) is 11.7 Å². The Morgan fingerprint density at radius 3 is 2.80 bits per heavy atom. The van der Waals surface area contributed by atoms with Crippen LogP contribution in [0.4, 0.5) is 4.39 Å². The van der Waals surface area contributed by atoms with E-state index in [9.17, 15) is 4.39 Å². The summed E-state index contributed by atoms with van der Waals surface area (Å²) in [5, 5.41) is 4.54. The summed E-state index contributed by atoms with van der Waals surface area (Å²) in [6.07, 6.45) is 0.647. The lowest BCUT2D eigenvalue weighted by Gasteiger charge is -2.11. The molecule has 2 N–H and O–H groups in total. The Labute approximate surface area is 122 Å². The molecule has 1 aromatic heterocycles. The lowest BCUT2D eigenvalue weighted by atomic mass is 10.1. The molecular formula is C14H17ClFN3O. The van der Waals surface area contributed by atoms with E-state index in [0.717, 1.165) is 11.3 Å². The third kappa shape index (κ3) is 3.11. The summed E-state index contributed by atoms with van der Waals surface area (Å²) in [4.78, 5) is 0. The van der Waals surface area contributed by atoms with Crippen LogP contribution < -0.4 is 10.5 Å². The van der Waals surface area contributed by atoms with Gasteiger partial charge in [-0.3, -0.25) is 0 Å². The van der Waals surface area contributed by atoms with Crippen molar-refractivity contribution in [3.8, 4) is 11.6 Å². The fourth-order valence-electron chi connectivity index (χ4n) is 2.03. The molecule has 0 radical (unpaired) electrons. The van der Waals surface area contributed by atoms with Gasteiger partial charge in [-0.1, -0.05) is 11.6 Å².